The maximum Gasteiger partial charge on any atom is 0.247 e. The highest BCUT2D eigenvalue weighted by Crippen LogP contribution is 2.38. The standard InChI is InChI=1S/C26H31NO5/c1-3-29-22-11-8-19(17-24(22)30-4-2)9-13-26(28)27-14-5-7-21(27)20-10-12-23-25(18-20)32-16-6-15-31-23/h8-13,17-18,21H,3-7,14-16H2,1-2H3/b13-9+. The van der Waals surface area contributed by atoms with Gasteiger partial charge in [0.05, 0.1) is 32.5 Å². The van der Waals surface area contributed by atoms with Gasteiger partial charge in [-0.25, -0.2) is 0 Å². The van der Waals surface area contributed by atoms with Crippen LogP contribution in [0.5, 0.6) is 23.0 Å². The van der Waals surface area contributed by atoms with Gasteiger partial charge >= 0.3 is 0 Å². The van der Waals surface area contributed by atoms with Gasteiger partial charge in [-0.1, -0.05) is 12.1 Å². The number of hydrogen-bond acceptors (Lipinski definition) is 5. The third-order valence-electron chi connectivity index (χ3n) is 5.68. The molecule has 0 saturated carbocycles. The number of likely N-dealkylation sites (tertiary alicyclic amines) is 1. The molecule has 0 radical (unpaired) electrons. The first-order chi connectivity index (χ1) is 15.7. The molecule has 0 aliphatic carbocycles. The number of hydrogen-bond donors (Lipinski definition) is 0. The SMILES string of the molecule is CCOc1ccc(/C=C/C(=O)N2CCCC2c2ccc3c(c2)OCCCO3)cc1OCC. The molecular weight excluding hydrogens is 406 g/mol. The summed E-state index contributed by atoms with van der Waals surface area (Å²) in [4.78, 5) is 15.0. The van der Waals surface area contributed by atoms with Crippen molar-refractivity contribution in [1.29, 1.82) is 0 Å². The van der Waals surface area contributed by atoms with Crippen LogP contribution < -0.4 is 18.9 Å². The summed E-state index contributed by atoms with van der Waals surface area (Å²) in [6.07, 6.45) is 6.28. The van der Waals surface area contributed by atoms with Crippen LogP contribution in [0.25, 0.3) is 6.08 Å². The lowest BCUT2D eigenvalue weighted by atomic mass is 10.0. The zero-order valence-corrected chi connectivity index (χ0v) is 18.8. The van der Waals surface area contributed by atoms with Crippen molar-refractivity contribution in [2.24, 2.45) is 0 Å². The van der Waals surface area contributed by atoms with Crippen molar-refractivity contribution in [2.45, 2.75) is 39.2 Å². The molecule has 2 aromatic carbocycles. The Kier molecular flexibility index (Phi) is 7.20. The lowest BCUT2D eigenvalue weighted by Crippen LogP contribution is -2.28. The van der Waals surface area contributed by atoms with Crippen LogP contribution in [-0.4, -0.2) is 43.8 Å². The van der Waals surface area contributed by atoms with E-state index in [1.807, 2.05) is 61.2 Å². The number of fused-ring (bicyclic) bond motifs is 1. The molecule has 1 fully saturated rings. The van der Waals surface area contributed by atoms with Gasteiger partial charge in [-0.05, 0) is 68.2 Å². The van der Waals surface area contributed by atoms with E-state index in [1.165, 1.54) is 0 Å². The third-order valence-corrected chi connectivity index (χ3v) is 5.68. The average Bonchev–Trinajstić information content (AvgIpc) is 3.18. The normalized spacial score (nSPS) is 17.9. The number of benzene rings is 2. The number of nitrogens with zero attached hydrogens (tertiary/aromatic N) is 1. The van der Waals surface area contributed by atoms with Crippen molar-refractivity contribution < 1.29 is 23.7 Å². The van der Waals surface area contributed by atoms with Crippen LogP contribution in [0.2, 0.25) is 0 Å². The van der Waals surface area contributed by atoms with Crippen LogP contribution in [0.4, 0.5) is 0 Å². The van der Waals surface area contributed by atoms with Gasteiger partial charge in [0.2, 0.25) is 5.91 Å². The summed E-state index contributed by atoms with van der Waals surface area (Å²) < 4.78 is 22.9. The molecule has 1 unspecified atom stereocenters. The molecule has 0 N–H and O–H groups in total. The Labute approximate surface area is 189 Å². The highest BCUT2D eigenvalue weighted by molar-refractivity contribution is 5.92. The van der Waals surface area contributed by atoms with E-state index in [1.54, 1.807) is 6.08 Å². The lowest BCUT2D eigenvalue weighted by Gasteiger charge is -2.24. The fourth-order valence-corrected chi connectivity index (χ4v) is 4.20. The average molecular weight is 438 g/mol. The quantitative estimate of drug-likeness (QED) is 0.569. The number of carbonyl (C=O) groups excluding carboxylic acids is 1. The predicted molar refractivity (Wildman–Crippen MR) is 124 cm³/mol. The van der Waals surface area contributed by atoms with E-state index in [-0.39, 0.29) is 11.9 Å². The highest BCUT2D eigenvalue weighted by atomic mass is 16.5. The third kappa shape index (κ3) is 5.01. The summed E-state index contributed by atoms with van der Waals surface area (Å²) in [5, 5.41) is 0. The zero-order valence-electron chi connectivity index (χ0n) is 18.8. The Hall–Kier alpha value is -3.15. The van der Waals surface area contributed by atoms with E-state index in [0.717, 1.165) is 48.4 Å². The van der Waals surface area contributed by atoms with Gasteiger partial charge in [-0.15, -0.1) is 0 Å². The van der Waals surface area contributed by atoms with Crippen molar-refractivity contribution in [3.05, 3.63) is 53.6 Å². The largest absolute Gasteiger partial charge is 0.490 e. The molecule has 6 heteroatoms. The van der Waals surface area contributed by atoms with Crippen molar-refractivity contribution >= 4 is 12.0 Å². The van der Waals surface area contributed by atoms with Crippen LogP contribution >= 0.6 is 0 Å². The first-order valence-corrected chi connectivity index (χ1v) is 11.5. The molecule has 2 aromatic rings. The Morgan fingerprint density at radius 3 is 2.59 bits per heavy atom. The lowest BCUT2D eigenvalue weighted by molar-refractivity contribution is -0.126. The van der Waals surface area contributed by atoms with Crippen molar-refractivity contribution in [3.8, 4) is 23.0 Å². The van der Waals surface area contributed by atoms with Crippen LogP contribution in [0.3, 0.4) is 0 Å². The van der Waals surface area contributed by atoms with Crippen LogP contribution in [0.1, 0.15) is 50.3 Å². The molecule has 0 bridgehead atoms. The molecule has 4 rings (SSSR count). The summed E-state index contributed by atoms with van der Waals surface area (Å²) >= 11 is 0. The molecule has 1 atom stereocenters. The Morgan fingerprint density at radius 2 is 1.78 bits per heavy atom. The number of amides is 1. The Morgan fingerprint density at radius 1 is 1.00 bits per heavy atom. The van der Waals surface area contributed by atoms with Gasteiger partial charge in [0.15, 0.2) is 23.0 Å². The molecule has 2 heterocycles. The maximum absolute atomic E-state index is 13.1. The van der Waals surface area contributed by atoms with E-state index < -0.39 is 0 Å². The molecule has 6 nitrogen and oxygen atoms in total. The van der Waals surface area contributed by atoms with E-state index in [9.17, 15) is 4.79 Å². The van der Waals surface area contributed by atoms with Gasteiger partial charge < -0.3 is 23.8 Å². The van der Waals surface area contributed by atoms with Gasteiger partial charge in [0.25, 0.3) is 0 Å². The zero-order chi connectivity index (χ0) is 22.3. The molecule has 2 aliphatic rings. The van der Waals surface area contributed by atoms with E-state index in [0.29, 0.717) is 37.9 Å². The van der Waals surface area contributed by atoms with Gasteiger partial charge in [-0.2, -0.15) is 0 Å². The predicted octanol–water partition coefficient (Wildman–Crippen LogP) is 5.02. The molecule has 32 heavy (non-hydrogen) atoms. The molecule has 2 aliphatic heterocycles. The van der Waals surface area contributed by atoms with Crippen molar-refractivity contribution in [1.82, 2.24) is 4.90 Å². The van der Waals surface area contributed by atoms with E-state index >= 15 is 0 Å². The minimum absolute atomic E-state index is 0.00598. The maximum atomic E-state index is 13.1. The topological polar surface area (TPSA) is 57.2 Å². The summed E-state index contributed by atoms with van der Waals surface area (Å²) in [6, 6.07) is 11.8. The Balaban J connectivity index is 1.49. The second kappa shape index (κ2) is 10.4. The second-order valence-electron chi connectivity index (χ2n) is 7.85. The highest BCUT2D eigenvalue weighted by Gasteiger charge is 2.29. The van der Waals surface area contributed by atoms with Crippen LogP contribution in [-0.2, 0) is 4.79 Å². The smallest absolute Gasteiger partial charge is 0.247 e. The fourth-order valence-electron chi connectivity index (χ4n) is 4.20. The number of ether oxygens (including phenoxy) is 4. The van der Waals surface area contributed by atoms with E-state index in [4.69, 9.17) is 18.9 Å². The number of carbonyl (C=O) groups is 1. The monoisotopic (exact) mass is 437 g/mol. The first-order valence-electron chi connectivity index (χ1n) is 11.5. The minimum Gasteiger partial charge on any atom is -0.490 e. The fraction of sp³-hybridized carbons (Fsp3) is 0.423. The summed E-state index contributed by atoms with van der Waals surface area (Å²) in [5.41, 5.74) is 1.99. The van der Waals surface area contributed by atoms with Gasteiger partial charge in [0, 0.05) is 19.0 Å². The number of rotatable bonds is 7. The molecule has 0 spiro atoms. The summed E-state index contributed by atoms with van der Waals surface area (Å²) in [5.74, 6) is 2.96. The van der Waals surface area contributed by atoms with Crippen molar-refractivity contribution in [2.75, 3.05) is 33.0 Å². The summed E-state index contributed by atoms with van der Waals surface area (Å²) in [6.45, 7) is 7.07. The van der Waals surface area contributed by atoms with Gasteiger partial charge in [-0.3, -0.25) is 4.79 Å². The molecule has 1 saturated heterocycles. The molecule has 170 valence electrons. The molecule has 1 amide bonds. The first kappa shape index (κ1) is 22.1. The van der Waals surface area contributed by atoms with Crippen LogP contribution in [0.15, 0.2) is 42.5 Å². The minimum atomic E-state index is 0.00598. The van der Waals surface area contributed by atoms with E-state index in [2.05, 4.69) is 0 Å². The molecular formula is C26H31NO5. The van der Waals surface area contributed by atoms with Crippen LogP contribution in [0, 0.1) is 0 Å². The van der Waals surface area contributed by atoms with Gasteiger partial charge in [0.1, 0.15) is 0 Å². The summed E-state index contributed by atoms with van der Waals surface area (Å²) in [7, 11) is 0. The second-order valence-corrected chi connectivity index (χ2v) is 7.85. The molecule has 0 aromatic heterocycles. The van der Waals surface area contributed by atoms with Crippen molar-refractivity contribution in [3.63, 3.8) is 0 Å². The Bertz CT molecular complexity index is 971.